The highest BCUT2D eigenvalue weighted by Gasteiger charge is 2.00. The molecular formula is C8H9BrN4S. The molecule has 0 atom stereocenters. The Hall–Kier alpha value is -0.880. The molecule has 0 spiro atoms. The minimum Gasteiger partial charge on any atom is -0.354 e. The summed E-state index contributed by atoms with van der Waals surface area (Å²) in [6.45, 7) is 2.66. The Labute approximate surface area is 93.9 Å². The molecule has 0 aliphatic carbocycles. The molecule has 2 rings (SSSR count). The number of rotatable bonds is 3. The quantitative estimate of drug-likeness (QED) is 0.903. The first-order chi connectivity index (χ1) is 6.74. The number of aryl methyl sites for hydroxylation is 1. The summed E-state index contributed by atoms with van der Waals surface area (Å²) in [4.78, 5) is 11.5. The Bertz CT molecular complexity index is 382. The maximum absolute atomic E-state index is 4.21. The van der Waals surface area contributed by atoms with E-state index in [1.165, 1.54) is 0 Å². The Morgan fingerprint density at radius 3 is 3.07 bits per heavy atom. The van der Waals surface area contributed by atoms with E-state index in [4.69, 9.17) is 0 Å². The first kappa shape index (κ1) is 9.67. The van der Waals surface area contributed by atoms with Gasteiger partial charge in [0.25, 0.3) is 0 Å². The van der Waals surface area contributed by atoms with E-state index in [0.717, 1.165) is 21.3 Å². The van der Waals surface area contributed by atoms with Crippen molar-refractivity contribution < 1.29 is 0 Å². The topological polar surface area (TPSA) is 53.6 Å². The fourth-order valence-electron chi connectivity index (χ4n) is 1.05. The van der Waals surface area contributed by atoms with Crippen molar-refractivity contribution in [3.8, 4) is 0 Å². The first-order valence-electron chi connectivity index (χ1n) is 4.09. The predicted octanol–water partition coefficient (Wildman–Crippen LogP) is 2.55. The Kier molecular flexibility index (Phi) is 2.83. The molecule has 0 fully saturated rings. The Morgan fingerprint density at radius 2 is 2.50 bits per heavy atom. The summed E-state index contributed by atoms with van der Waals surface area (Å²) in [7, 11) is 0. The van der Waals surface area contributed by atoms with Crippen LogP contribution in [0.15, 0.2) is 16.2 Å². The summed E-state index contributed by atoms with van der Waals surface area (Å²) in [5.74, 6) is 0.925. The number of hydrogen-bond acceptors (Lipinski definition) is 4. The monoisotopic (exact) mass is 272 g/mol. The lowest BCUT2D eigenvalue weighted by molar-refractivity contribution is 0.987. The third-order valence-corrected chi connectivity index (χ3v) is 3.15. The highest BCUT2D eigenvalue weighted by Crippen LogP contribution is 2.19. The number of anilines is 1. The zero-order chi connectivity index (χ0) is 9.97. The molecular weight excluding hydrogens is 264 g/mol. The van der Waals surface area contributed by atoms with Crippen LogP contribution in [0.2, 0.25) is 0 Å². The molecule has 74 valence electrons. The average Bonchev–Trinajstić information content (AvgIpc) is 2.72. The van der Waals surface area contributed by atoms with Gasteiger partial charge in [0.2, 0.25) is 0 Å². The first-order valence-corrected chi connectivity index (χ1v) is 5.76. The van der Waals surface area contributed by atoms with Crippen molar-refractivity contribution in [3.05, 3.63) is 27.7 Å². The van der Waals surface area contributed by atoms with Crippen LogP contribution in [0.4, 0.5) is 5.13 Å². The molecule has 0 unspecified atom stereocenters. The van der Waals surface area contributed by atoms with Gasteiger partial charge in [0.15, 0.2) is 5.13 Å². The Morgan fingerprint density at radius 1 is 1.64 bits per heavy atom. The third kappa shape index (κ3) is 2.33. The van der Waals surface area contributed by atoms with Gasteiger partial charge in [-0.1, -0.05) is 0 Å². The van der Waals surface area contributed by atoms with Crippen LogP contribution in [-0.4, -0.2) is 15.0 Å². The van der Waals surface area contributed by atoms with Crippen molar-refractivity contribution in [2.45, 2.75) is 13.5 Å². The maximum Gasteiger partial charge on any atom is 0.184 e. The molecule has 14 heavy (non-hydrogen) atoms. The van der Waals surface area contributed by atoms with E-state index in [0.29, 0.717) is 6.54 Å². The van der Waals surface area contributed by atoms with Gasteiger partial charge in [0, 0.05) is 17.3 Å². The number of halogens is 1. The molecule has 0 aromatic carbocycles. The highest BCUT2D eigenvalue weighted by molar-refractivity contribution is 9.10. The van der Waals surface area contributed by atoms with Gasteiger partial charge < -0.3 is 10.3 Å². The number of imidazole rings is 1. The van der Waals surface area contributed by atoms with Crippen LogP contribution >= 0.6 is 27.3 Å². The van der Waals surface area contributed by atoms with Crippen molar-refractivity contribution in [1.82, 2.24) is 15.0 Å². The second-order valence-corrected chi connectivity index (χ2v) is 4.51. The molecule has 2 heterocycles. The molecule has 0 saturated carbocycles. The average molecular weight is 273 g/mol. The lowest BCUT2D eigenvalue weighted by Gasteiger charge is -1.97. The van der Waals surface area contributed by atoms with Gasteiger partial charge in [-0.25, -0.2) is 9.97 Å². The maximum atomic E-state index is 4.21. The van der Waals surface area contributed by atoms with Crippen molar-refractivity contribution in [2.24, 2.45) is 0 Å². The number of aromatic amines is 1. The molecule has 0 radical (unpaired) electrons. The van der Waals surface area contributed by atoms with Crippen molar-refractivity contribution in [1.29, 1.82) is 0 Å². The highest BCUT2D eigenvalue weighted by atomic mass is 79.9. The van der Waals surface area contributed by atoms with Crippen molar-refractivity contribution >= 4 is 32.4 Å². The predicted molar refractivity (Wildman–Crippen MR) is 60.5 cm³/mol. The van der Waals surface area contributed by atoms with Crippen molar-refractivity contribution in [3.63, 3.8) is 0 Å². The fraction of sp³-hybridized carbons (Fsp3) is 0.250. The molecule has 2 aromatic rings. The summed E-state index contributed by atoms with van der Waals surface area (Å²) in [5, 5.41) is 6.01. The summed E-state index contributed by atoms with van der Waals surface area (Å²) in [6.07, 6.45) is 1.81. The van der Waals surface area contributed by atoms with Crippen LogP contribution in [0.3, 0.4) is 0 Å². The fourth-order valence-corrected chi connectivity index (χ4v) is 2.19. The van der Waals surface area contributed by atoms with Gasteiger partial charge in [-0.15, -0.1) is 11.3 Å². The standard InChI is InChI=1S/C8H9BrN4S/c1-5-2-10-7(12-5)3-11-8-13-6(9)4-14-8/h2,4H,3H2,1H3,(H,10,12)(H,11,13). The van der Waals surface area contributed by atoms with E-state index in [2.05, 4.69) is 36.2 Å². The van der Waals surface area contributed by atoms with E-state index in [-0.39, 0.29) is 0 Å². The van der Waals surface area contributed by atoms with Gasteiger partial charge in [0.05, 0.1) is 6.54 Å². The zero-order valence-electron chi connectivity index (χ0n) is 7.54. The van der Waals surface area contributed by atoms with E-state index >= 15 is 0 Å². The van der Waals surface area contributed by atoms with Crippen LogP contribution in [0.25, 0.3) is 0 Å². The minimum atomic E-state index is 0.674. The van der Waals surface area contributed by atoms with Crippen LogP contribution < -0.4 is 5.32 Å². The normalized spacial score (nSPS) is 10.4. The molecule has 0 aliphatic heterocycles. The molecule has 2 N–H and O–H groups in total. The SMILES string of the molecule is Cc1cnc(CNc2nc(Br)cs2)[nH]1. The summed E-state index contributed by atoms with van der Waals surface area (Å²) in [5.41, 5.74) is 1.07. The van der Waals surface area contributed by atoms with Crippen LogP contribution in [0, 0.1) is 6.92 Å². The van der Waals surface area contributed by atoms with E-state index in [1.807, 2.05) is 18.5 Å². The molecule has 0 bridgehead atoms. The zero-order valence-corrected chi connectivity index (χ0v) is 9.94. The second-order valence-electron chi connectivity index (χ2n) is 2.84. The molecule has 4 nitrogen and oxygen atoms in total. The molecule has 6 heteroatoms. The summed E-state index contributed by atoms with van der Waals surface area (Å²) < 4.78 is 0.862. The lowest BCUT2D eigenvalue weighted by atomic mass is 10.6. The van der Waals surface area contributed by atoms with Crippen molar-refractivity contribution in [2.75, 3.05) is 5.32 Å². The second kappa shape index (κ2) is 4.10. The molecule has 0 saturated heterocycles. The lowest BCUT2D eigenvalue weighted by Crippen LogP contribution is -2.00. The summed E-state index contributed by atoms with van der Waals surface area (Å²) >= 11 is 4.86. The number of thiazole rings is 1. The van der Waals surface area contributed by atoms with Gasteiger partial charge >= 0.3 is 0 Å². The molecule has 0 aliphatic rings. The van der Waals surface area contributed by atoms with Gasteiger partial charge in [-0.3, -0.25) is 0 Å². The smallest absolute Gasteiger partial charge is 0.184 e. The largest absolute Gasteiger partial charge is 0.354 e. The number of aromatic nitrogens is 3. The van der Waals surface area contributed by atoms with Crippen LogP contribution in [0.5, 0.6) is 0 Å². The Balaban J connectivity index is 1.94. The van der Waals surface area contributed by atoms with Gasteiger partial charge in [-0.05, 0) is 22.9 Å². The molecule has 2 aromatic heterocycles. The van der Waals surface area contributed by atoms with E-state index in [1.54, 1.807) is 11.3 Å². The van der Waals surface area contributed by atoms with Crippen LogP contribution in [0.1, 0.15) is 11.5 Å². The number of nitrogens with zero attached hydrogens (tertiary/aromatic N) is 2. The number of nitrogens with one attached hydrogen (secondary N) is 2. The number of H-pyrrole nitrogens is 1. The summed E-state index contributed by atoms with van der Waals surface area (Å²) in [6, 6.07) is 0. The minimum absolute atomic E-state index is 0.674. The molecule has 0 amide bonds. The van der Waals surface area contributed by atoms with E-state index in [9.17, 15) is 0 Å². The van der Waals surface area contributed by atoms with Crippen LogP contribution in [-0.2, 0) is 6.54 Å². The third-order valence-electron chi connectivity index (χ3n) is 1.64. The van der Waals surface area contributed by atoms with E-state index < -0.39 is 0 Å². The van der Waals surface area contributed by atoms with Gasteiger partial charge in [0.1, 0.15) is 10.4 Å². The van der Waals surface area contributed by atoms with Gasteiger partial charge in [-0.2, -0.15) is 0 Å². The number of hydrogen-bond donors (Lipinski definition) is 2.